The number of benzene rings is 2. The van der Waals surface area contributed by atoms with Crippen LogP contribution in [0.3, 0.4) is 0 Å². The summed E-state index contributed by atoms with van der Waals surface area (Å²) in [6.45, 7) is 0. The van der Waals surface area contributed by atoms with Crippen molar-refractivity contribution in [3.05, 3.63) is 83.9 Å². The molecule has 2 aromatic rings. The number of ether oxygens (including phenoxy) is 1. The van der Waals surface area contributed by atoms with Crippen LogP contribution < -0.4 is 5.11 Å². The quantitative estimate of drug-likeness (QED) is 0.635. The van der Waals surface area contributed by atoms with Crippen LogP contribution in [0.5, 0.6) is 0 Å². The van der Waals surface area contributed by atoms with Crippen LogP contribution in [0.4, 0.5) is 0 Å². The van der Waals surface area contributed by atoms with Crippen molar-refractivity contribution in [2.75, 3.05) is 7.11 Å². The fraction of sp³-hybridized carbons (Fsp3) is 0.238. The van der Waals surface area contributed by atoms with Crippen LogP contribution in [0, 0.1) is 11.8 Å². The second kappa shape index (κ2) is 7.34. The van der Waals surface area contributed by atoms with Gasteiger partial charge in [-0.1, -0.05) is 72.8 Å². The van der Waals surface area contributed by atoms with Crippen LogP contribution in [0.2, 0.25) is 0 Å². The Morgan fingerprint density at radius 2 is 1.24 bits per heavy atom. The zero-order valence-corrected chi connectivity index (χ0v) is 13.9. The molecule has 4 atom stereocenters. The molecule has 0 radical (unpaired) electrons. The van der Waals surface area contributed by atoms with E-state index in [9.17, 15) is 14.7 Å². The van der Waals surface area contributed by atoms with E-state index in [0.717, 1.165) is 11.1 Å². The molecule has 0 aromatic heterocycles. The maximum atomic E-state index is 12.5. The van der Waals surface area contributed by atoms with E-state index in [1.54, 1.807) is 0 Å². The average molecular weight is 335 g/mol. The third-order valence-electron chi connectivity index (χ3n) is 4.80. The van der Waals surface area contributed by atoms with Gasteiger partial charge in [-0.25, -0.2) is 0 Å². The van der Waals surface area contributed by atoms with Crippen LogP contribution in [0.1, 0.15) is 23.0 Å². The van der Waals surface area contributed by atoms with Gasteiger partial charge in [0.1, 0.15) is 0 Å². The molecule has 0 N–H and O–H groups in total. The van der Waals surface area contributed by atoms with Gasteiger partial charge >= 0.3 is 5.97 Å². The first-order chi connectivity index (χ1) is 12.1. The molecule has 0 spiro atoms. The Morgan fingerprint density at radius 1 is 0.800 bits per heavy atom. The Hall–Kier alpha value is -2.88. The highest BCUT2D eigenvalue weighted by atomic mass is 16.5. The molecule has 0 fully saturated rings. The van der Waals surface area contributed by atoms with Crippen molar-refractivity contribution in [2.45, 2.75) is 11.8 Å². The Morgan fingerprint density at radius 3 is 1.64 bits per heavy atom. The van der Waals surface area contributed by atoms with Crippen molar-refractivity contribution in [3.63, 3.8) is 0 Å². The highest BCUT2D eigenvalue weighted by Crippen LogP contribution is 2.44. The van der Waals surface area contributed by atoms with Crippen molar-refractivity contribution in [1.82, 2.24) is 0 Å². The fourth-order valence-electron chi connectivity index (χ4n) is 3.64. The van der Waals surface area contributed by atoms with Gasteiger partial charge in [0.05, 0.1) is 13.0 Å². The number of aliphatic carboxylic acids is 1. The molecule has 1 aliphatic carbocycles. The van der Waals surface area contributed by atoms with Crippen LogP contribution in [0.25, 0.3) is 0 Å². The summed E-state index contributed by atoms with van der Waals surface area (Å²) in [7, 11) is 1.28. The molecule has 25 heavy (non-hydrogen) atoms. The van der Waals surface area contributed by atoms with E-state index in [0.29, 0.717) is 0 Å². The number of rotatable bonds is 4. The molecule has 0 saturated heterocycles. The molecule has 0 aliphatic heterocycles. The molecule has 4 nitrogen and oxygen atoms in total. The van der Waals surface area contributed by atoms with Crippen molar-refractivity contribution >= 4 is 11.9 Å². The average Bonchev–Trinajstić information content (AvgIpc) is 2.67. The number of methoxy groups -OCH3 is 1. The zero-order valence-electron chi connectivity index (χ0n) is 13.9. The van der Waals surface area contributed by atoms with E-state index < -0.39 is 29.7 Å². The number of allylic oxidation sites excluding steroid dienone is 2. The Labute approximate surface area is 146 Å². The first kappa shape index (κ1) is 17.0. The number of carbonyl (C=O) groups excluding carboxylic acids is 2. The number of carboxylic acids is 1. The normalized spacial score (nSPS) is 25.3. The number of hydrogen-bond donors (Lipinski definition) is 0. The topological polar surface area (TPSA) is 66.4 Å². The molecular formula is C21H19O4-. The van der Waals surface area contributed by atoms with Gasteiger partial charge in [0, 0.05) is 23.7 Å². The number of esters is 1. The van der Waals surface area contributed by atoms with Gasteiger partial charge in [-0.15, -0.1) is 0 Å². The van der Waals surface area contributed by atoms with Gasteiger partial charge in [0.2, 0.25) is 0 Å². The highest BCUT2D eigenvalue weighted by molar-refractivity contribution is 5.83. The van der Waals surface area contributed by atoms with Gasteiger partial charge in [-0.2, -0.15) is 0 Å². The molecule has 128 valence electrons. The van der Waals surface area contributed by atoms with Crippen molar-refractivity contribution in [1.29, 1.82) is 0 Å². The van der Waals surface area contributed by atoms with Gasteiger partial charge in [0.15, 0.2) is 0 Å². The SMILES string of the molecule is COC(=O)[C@@H]1[C@@H](C(=O)[O-])[C@@H](c2ccccc2)C=C[C@H]1c1ccccc1. The van der Waals surface area contributed by atoms with Crippen LogP contribution in [-0.4, -0.2) is 19.0 Å². The third kappa shape index (κ3) is 3.33. The van der Waals surface area contributed by atoms with Crippen LogP contribution >= 0.6 is 0 Å². The van der Waals surface area contributed by atoms with E-state index in [2.05, 4.69) is 0 Å². The van der Waals surface area contributed by atoms with E-state index in [1.807, 2.05) is 72.8 Å². The lowest BCUT2D eigenvalue weighted by atomic mass is 9.66. The summed E-state index contributed by atoms with van der Waals surface area (Å²) in [6, 6.07) is 18.7. The molecule has 3 rings (SSSR count). The molecule has 0 bridgehead atoms. The molecule has 4 heteroatoms. The molecule has 0 heterocycles. The van der Waals surface area contributed by atoms with Crippen molar-refractivity contribution in [2.24, 2.45) is 11.8 Å². The van der Waals surface area contributed by atoms with Crippen molar-refractivity contribution in [3.8, 4) is 0 Å². The summed E-state index contributed by atoms with van der Waals surface area (Å²) in [5.41, 5.74) is 1.72. The molecule has 2 aromatic carbocycles. The molecule has 0 amide bonds. The lowest BCUT2D eigenvalue weighted by Gasteiger charge is -2.39. The van der Waals surface area contributed by atoms with Gasteiger partial charge < -0.3 is 14.6 Å². The Balaban J connectivity index is 2.10. The van der Waals surface area contributed by atoms with Crippen molar-refractivity contribution < 1.29 is 19.4 Å². The lowest BCUT2D eigenvalue weighted by molar-refractivity contribution is -0.314. The predicted octanol–water partition coefficient (Wildman–Crippen LogP) is 2.28. The summed E-state index contributed by atoms with van der Waals surface area (Å²) in [5.74, 6) is -4.41. The Bertz CT molecular complexity index is 767. The highest BCUT2D eigenvalue weighted by Gasteiger charge is 2.43. The fourth-order valence-corrected chi connectivity index (χ4v) is 3.64. The molecule has 1 aliphatic rings. The molecular weight excluding hydrogens is 316 g/mol. The summed E-state index contributed by atoms with van der Waals surface area (Å²) in [4.78, 5) is 24.5. The molecule has 0 saturated carbocycles. The van der Waals surface area contributed by atoms with E-state index >= 15 is 0 Å². The summed E-state index contributed by atoms with van der Waals surface area (Å²) in [6.07, 6.45) is 3.78. The van der Waals surface area contributed by atoms with Crippen LogP contribution in [-0.2, 0) is 14.3 Å². The minimum Gasteiger partial charge on any atom is -0.550 e. The summed E-state index contributed by atoms with van der Waals surface area (Å²) in [5, 5.41) is 12.0. The van der Waals surface area contributed by atoms with Gasteiger partial charge in [-0.05, 0) is 11.1 Å². The number of hydrogen-bond acceptors (Lipinski definition) is 4. The first-order valence-electron chi connectivity index (χ1n) is 8.20. The maximum Gasteiger partial charge on any atom is 0.310 e. The maximum absolute atomic E-state index is 12.5. The minimum absolute atomic E-state index is 0.364. The summed E-state index contributed by atoms with van der Waals surface area (Å²) < 4.78 is 4.94. The summed E-state index contributed by atoms with van der Waals surface area (Å²) >= 11 is 0. The number of carboxylic acid groups (broad SMARTS) is 1. The standard InChI is InChI=1S/C21H20O4/c1-25-21(24)19-17(15-10-6-3-7-11-15)13-12-16(18(19)20(22)23)14-8-4-2-5-9-14/h2-13,16-19H,1H3,(H,22,23)/p-1/t16-,17+,18+,19+/m1/s1. The zero-order chi connectivity index (χ0) is 17.8. The van der Waals surface area contributed by atoms with E-state index in [1.165, 1.54) is 7.11 Å². The monoisotopic (exact) mass is 335 g/mol. The van der Waals surface area contributed by atoms with Crippen LogP contribution in [0.15, 0.2) is 72.8 Å². The lowest BCUT2D eigenvalue weighted by Crippen LogP contribution is -2.46. The minimum atomic E-state index is -1.24. The first-order valence-corrected chi connectivity index (χ1v) is 8.20. The predicted molar refractivity (Wildman–Crippen MR) is 91.5 cm³/mol. The second-order valence-electron chi connectivity index (χ2n) is 6.15. The number of carbonyl (C=O) groups is 2. The smallest absolute Gasteiger partial charge is 0.310 e. The van der Waals surface area contributed by atoms with E-state index in [4.69, 9.17) is 4.74 Å². The Kier molecular flexibility index (Phi) is 4.98. The molecule has 0 unspecified atom stereocenters. The van der Waals surface area contributed by atoms with Gasteiger partial charge in [0.25, 0.3) is 0 Å². The largest absolute Gasteiger partial charge is 0.550 e. The van der Waals surface area contributed by atoms with E-state index in [-0.39, 0.29) is 5.92 Å². The second-order valence-corrected chi connectivity index (χ2v) is 6.15. The van der Waals surface area contributed by atoms with Gasteiger partial charge in [-0.3, -0.25) is 4.79 Å². The third-order valence-corrected chi connectivity index (χ3v) is 4.80.